The van der Waals surface area contributed by atoms with E-state index in [1.165, 1.54) is 12.1 Å². The number of thioether (sulfide) groups is 1. The Hall–Kier alpha value is -1.52. The van der Waals surface area contributed by atoms with Crippen LogP contribution in [0.1, 0.15) is 24.9 Å². The summed E-state index contributed by atoms with van der Waals surface area (Å²) in [7, 11) is 0. The van der Waals surface area contributed by atoms with Gasteiger partial charge in [0.25, 0.3) is 0 Å². The first-order valence-electron chi connectivity index (χ1n) is 7.06. The molecule has 0 bridgehead atoms. The lowest BCUT2D eigenvalue weighted by Gasteiger charge is -2.16. The van der Waals surface area contributed by atoms with E-state index in [9.17, 15) is 4.39 Å². The second-order valence-corrected chi connectivity index (χ2v) is 5.85. The predicted molar refractivity (Wildman–Crippen MR) is 86.3 cm³/mol. The fourth-order valence-corrected chi connectivity index (χ4v) is 2.82. The highest BCUT2D eigenvalue weighted by Crippen LogP contribution is 2.29. The third-order valence-corrected chi connectivity index (χ3v) is 4.15. The molecule has 2 aromatic carbocycles. The molecule has 0 saturated carbocycles. The summed E-state index contributed by atoms with van der Waals surface area (Å²) in [4.78, 5) is 1.01. The molecule has 0 fully saturated rings. The molecule has 2 nitrogen and oxygen atoms in total. The van der Waals surface area contributed by atoms with Crippen LogP contribution in [0, 0.1) is 5.82 Å². The van der Waals surface area contributed by atoms with Gasteiger partial charge in [-0.2, -0.15) is 0 Å². The molecule has 21 heavy (non-hydrogen) atoms. The number of hydrogen-bond donors (Lipinski definition) is 1. The Morgan fingerprint density at radius 3 is 2.57 bits per heavy atom. The third kappa shape index (κ3) is 4.76. The summed E-state index contributed by atoms with van der Waals surface area (Å²) in [6.45, 7) is 2.77. The first kappa shape index (κ1) is 15.9. The van der Waals surface area contributed by atoms with Gasteiger partial charge in [-0.15, -0.1) is 11.8 Å². The number of hydrogen-bond acceptors (Lipinski definition) is 3. The minimum atomic E-state index is -0.220. The van der Waals surface area contributed by atoms with Crippen molar-refractivity contribution in [3.8, 4) is 5.75 Å². The molecule has 4 heteroatoms. The van der Waals surface area contributed by atoms with E-state index in [2.05, 4.69) is 6.92 Å². The van der Waals surface area contributed by atoms with Crippen LogP contribution in [0.25, 0.3) is 0 Å². The van der Waals surface area contributed by atoms with Gasteiger partial charge in [0.05, 0.1) is 6.61 Å². The van der Waals surface area contributed by atoms with Gasteiger partial charge in [-0.25, -0.2) is 4.39 Å². The molecular weight excluding hydrogens is 285 g/mol. The van der Waals surface area contributed by atoms with Gasteiger partial charge in [-0.05, 0) is 36.8 Å². The van der Waals surface area contributed by atoms with Crippen molar-refractivity contribution in [2.75, 3.05) is 12.4 Å². The van der Waals surface area contributed by atoms with Crippen LogP contribution in [0.4, 0.5) is 4.39 Å². The standard InChI is InChI=1S/C17H20FNOS/c1-2-11-20-17-6-4-3-5-15(17)16(19)12-21-14-9-7-13(18)8-10-14/h3-10,16H,2,11-12,19H2,1H3. The average molecular weight is 305 g/mol. The van der Waals surface area contributed by atoms with Crippen LogP contribution in [0.2, 0.25) is 0 Å². The van der Waals surface area contributed by atoms with Crippen molar-refractivity contribution < 1.29 is 9.13 Å². The minimum Gasteiger partial charge on any atom is -0.493 e. The molecule has 1 atom stereocenters. The zero-order chi connectivity index (χ0) is 15.1. The van der Waals surface area contributed by atoms with Crippen molar-refractivity contribution >= 4 is 11.8 Å². The second-order valence-electron chi connectivity index (χ2n) is 4.76. The van der Waals surface area contributed by atoms with Crippen molar-refractivity contribution in [1.82, 2.24) is 0 Å². The van der Waals surface area contributed by atoms with E-state index in [1.54, 1.807) is 23.9 Å². The van der Waals surface area contributed by atoms with Gasteiger partial charge in [0.15, 0.2) is 0 Å². The average Bonchev–Trinajstić information content (AvgIpc) is 2.52. The van der Waals surface area contributed by atoms with Crippen LogP contribution in [0.15, 0.2) is 53.4 Å². The number of nitrogens with two attached hydrogens (primary N) is 1. The van der Waals surface area contributed by atoms with Gasteiger partial charge < -0.3 is 10.5 Å². The van der Waals surface area contributed by atoms with Gasteiger partial charge in [0.2, 0.25) is 0 Å². The molecule has 2 aromatic rings. The van der Waals surface area contributed by atoms with Crippen molar-refractivity contribution in [1.29, 1.82) is 0 Å². The molecule has 112 valence electrons. The maximum Gasteiger partial charge on any atom is 0.124 e. The third-order valence-electron chi connectivity index (χ3n) is 3.02. The molecule has 0 aliphatic rings. The van der Waals surface area contributed by atoms with Crippen LogP contribution in [0.5, 0.6) is 5.75 Å². The molecular formula is C17H20FNOS. The summed E-state index contributed by atoms with van der Waals surface area (Å²) in [5.74, 6) is 1.35. The van der Waals surface area contributed by atoms with E-state index in [1.807, 2.05) is 24.3 Å². The molecule has 0 radical (unpaired) electrons. The lowest BCUT2D eigenvalue weighted by atomic mass is 10.1. The molecule has 0 amide bonds. The topological polar surface area (TPSA) is 35.2 Å². The van der Waals surface area contributed by atoms with Gasteiger partial charge in [0, 0.05) is 22.3 Å². The quantitative estimate of drug-likeness (QED) is 0.770. The lowest BCUT2D eigenvalue weighted by Crippen LogP contribution is -2.14. The van der Waals surface area contributed by atoms with Gasteiger partial charge in [-0.1, -0.05) is 25.1 Å². The Morgan fingerprint density at radius 1 is 1.14 bits per heavy atom. The predicted octanol–water partition coefficient (Wildman–Crippen LogP) is 4.41. The number of rotatable bonds is 7. The SMILES string of the molecule is CCCOc1ccccc1C(N)CSc1ccc(F)cc1. The van der Waals surface area contributed by atoms with Crippen LogP contribution in [-0.2, 0) is 0 Å². The molecule has 2 N–H and O–H groups in total. The molecule has 0 spiro atoms. The molecule has 0 aliphatic carbocycles. The van der Waals surface area contributed by atoms with E-state index in [-0.39, 0.29) is 11.9 Å². The summed E-state index contributed by atoms with van der Waals surface area (Å²) in [6.07, 6.45) is 0.966. The largest absolute Gasteiger partial charge is 0.493 e. The zero-order valence-electron chi connectivity index (χ0n) is 12.1. The minimum absolute atomic E-state index is 0.117. The highest BCUT2D eigenvalue weighted by atomic mass is 32.2. The Bertz CT molecular complexity index is 559. The summed E-state index contributed by atoms with van der Waals surface area (Å²) in [6, 6.07) is 14.2. The summed E-state index contributed by atoms with van der Waals surface area (Å²) >= 11 is 1.62. The van der Waals surface area contributed by atoms with Gasteiger partial charge in [-0.3, -0.25) is 0 Å². The van der Waals surface area contributed by atoms with E-state index < -0.39 is 0 Å². The highest BCUT2D eigenvalue weighted by Gasteiger charge is 2.12. The summed E-state index contributed by atoms with van der Waals surface area (Å²) < 4.78 is 18.6. The normalized spacial score (nSPS) is 12.1. The van der Waals surface area contributed by atoms with Crippen LogP contribution < -0.4 is 10.5 Å². The molecule has 2 rings (SSSR count). The van der Waals surface area contributed by atoms with E-state index >= 15 is 0 Å². The Labute approximate surface area is 129 Å². The Morgan fingerprint density at radius 2 is 1.86 bits per heavy atom. The number of halogens is 1. The molecule has 1 unspecified atom stereocenters. The number of benzene rings is 2. The fraction of sp³-hybridized carbons (Fsp3) is 0.294. The zero-order valence-corrected chi connectivity index (χ0v) is 12.9. The molecule has 0 heterocycles. The van der Waals surface area contributed by atoms with E-state index in [0.29, 0.717) is 6.61 Å². The van der Waals surface area contributed by atoms with Gasteiger partial charge >= 0.3 is 0 Å². The second kappa shape index (κ2) is 8.05. The monoisotopic (exact) mass is 305 g/mol. The first-order chi connectivity index (χ1) is 10.2. The van der Waals surface area contributed by atoms with Crippen LogP contribution in [0.3, 0.4) is 0 Å². The van der Waals surface area contributed by atoms with Crippen molar-refractivity contribution in [2.45, 2.75) is 24.3 Å². The maximum absolute atomic E-state index is 12.9. The number of para-hydroxylation sites is 1. The first-order valence-corrected chi connectivity index (χ1v) is 8.05. The smallest absolute Gasteiger partial charge is 0.124 e. The molecule has 0 saturated heterocycles. The van der Waals surface area contributed by atoms with Crippen LogP contribution in [-0.4, -0.2) is 12.4 Å². The van der Waals surface area contributed by atoms with Crippen molar-refractivity contribution in [3.63, 3.8) is 0 Å². The van der Waals surface area contributed by atoms with Crippen molar-refractivity contribution in [3.05, 3.63) is 59.9 Å². The van der Waals surface area contributed by atoms with Crippen LogP contribution >= 0.6 is 11.8 Å². The van der Waals surface area contributed by atoms with Crippen molar-refractivity contribution in [2.24, 2.45) is 5.73 Å². The highest BCUT2D eigenvalue weighted by molar-refractivity contribution is 7.99. The fourth-order valence-electron chi connectivity index (χ4n) is 1.94. The Balaban J connectivity index is 1.99. The molecule has 0 aliphatic heterocycles. The van der Waals surface area contributed by atoms with E-state index in [4.69, 9.17) is 10.5 Å². The molecule has 0 aromatic heterocycles. The summed E-state index contributed by atoms with van der Waals surface area (Å²) in [5, 5.41) is 0. The lowest BCUT2D eigenvalue weighted by molar-refractivity contribution is 0.313. The van der Waals surface area contributed by atoms with E-state index in [0.717, 1.165) is 28.4 Å². The maximum atomic E-state index is 12.9. The number of ether oxygens (including phenoxy) is 1. The Kier molecular flexibility index (Phi) is 6.08. The van der Waals surface area contributed by atoms with Gasteiger partial charge in [0.1, 0.15) is 11.6 Å². The summed E-state index contributed by atoms with van der Waals surface area (Å²) in [5.41, 5.74) is 7.28.